The van der Waals surface area contributed by atoms with Crippen LogP contribution in [0.1, 0.15) is 32.7 Å². The molecule has 0 radical (unpaired) electrons. The number of hydrogen-bond donors (Lipinski definition) is 2. The summed E-state index contributed by atoms with van der Waals surface area (Å²) in [6.45, 7) is 4.54. The molecule has 3 rings (SSSR count). The van der Waals surface area contributed by atoms with Crippen LogP contribution >= 0.6 is 0 Å². The van der Waals surface area contributed by atoms with Crippen molar-refractivity contribution in [3.63, 3.8) is 0 Å². The lowest BCUT2D eigenvalue weighted by molar-refractivity contribution is 0.0942. The summed E-state index contributed by atoms with van der Waals surface area (Å²) in [4.78, 5) is 12.6. The Morgan fingerprint density at radius 3 is 1.97 bits per heavy atom. The number of benzene rings is 2. The highest BCUT2D eigenvalue weighted by Crippen LogP contribution is 2.15. The number of amides is 1. The van der Waals surface area contributed by atoms with Gasteiger partial charge in [-0.3, -0.25) is 4.79 Å². The van der Waals surface area contributed by atoms with Gasteiger partial charge in [-0.25, -0.2) is 13.1 Å². The molecule has 152 valence electrons. The fourth-order valence-corrected chi connectivity index (χ4v) is 3.94. The third-order valence-electron chi connectivity index (χ3n) is 4.68. The molecule has 2 aromatic carbocycles. The van der Waals surface area contributed by atoms with Crippen molar-refractivity contribution in [2.75, 3.05) is 0 Å². The first kappa shape index (κ1) is 20.8. The molecule has 0 atom stereocenters. The van der Waals surface area contributed by atoms with Gasteiger partial charge in [0.2, 0.25) is 10.0 Å². The highest BCUT2D eigenvalue weighted by atomic mass is 32.2. The van der Waals surface area contributed by atoms with Crippen LogP contribution in [0.25, 0.3) is 0 Å². The maximum Gasteiger partial charge on any atom is 0.268 e. The molecule has 1 heterocycles. The Morgan fingerprint density at radius 1 is 0.897 bits per heavy atom. The zero-order valence-electron chi connectivity index (χ0n) is 16.8. The molecule has 0 fully saturated rings. The average Bonchev–Trinajstić information content (AvgIpc) is 3.10. The molecule has 0 bridgehead atoms. The van der Waals surface area contributed by atoms with E-state index in [1.807, 2.05) is 62.4 Å². The second-order valence-electron chi connectivity index (χ2n) is 7.15. The quantitative estimate of drug-likeness (QED) is 0.627. The van der Waals surface area contributed by atoms with E-state index in [1.165, 1.54) is 16.8 Å². The summed E-state index contributed by atoms with van der Waals surface area (Å²) in [5.41, 5.74) is 4.39. The summed E-state index contributed by atoms with van der Waals surface area (Å²) < 4.78 is 29.3. The van der Waals surface area contributed by atoms with Crippen molar-refractivity contribution in [2.45, 2.75) is 31.8 Å². The molecule has 29 heavy (non-hydrogen) atoms. The number of hydrogen-bond acceptors (Lipinski definition) is 3. The molecule has 6 nitrogen and oxygen atoms in total. The lowest BCUT2D eigenvalue weighted by Crippen LogP contribution is -2.24. The molecular weight excluding hydrogens is 386 g/mol. The first-order valence-electron chi connectivity index (χ1n) is 9.30. The number of carbonyl (C=O) groups is 1. The number of aryl methyl sites for hydroxylation is 3. The second kappa shape index (κ2) is 8.63. The second-order valence-corrected chi connectivity index (χ2v) is 8.92. The molecule has 3 aromatic rings. The number of nitrogens with one attached hydrogen (secondary N) is 2. The fourth-order valence-electron chi connectivity index (χ4n) is 2.85. The van der Waals surface area contributed by atoms with E-state index < -0.39 is 10.0 Å². The van der Waals surface area contributed by atoms with Crippen LogP contribution in [0.5, 0.6) is 0 Å². The van der Waals surface area contributed by atoms with E-state index in [1.54, 1.807) is 7.05 Å². The molecular formula is C22H25N3O3S. The third kappa shape index (κ3) is 5.34. The van der Waals surface area contributed by atoms with Gasteiger partial charge in [0.15, 0.2) is 0 Å². The van der Waals surface area contributed by atoms with Crippen LogP contribution < -0.4 is 10.0 Å². The van der Waals surface area contributed by atoms with E-state index in [-0.39, 0.29) is 23.0 Å². The lowest BCUT2D eigenvalue weighted by Gasteiger charge is -2.06. The van der Waals surface area contributed by atoms with Crippen LogP contribution in [0.15, 0.2) is 65.7 Å². The van der Waals surface area contributed by atoms with Gasteiger partial charge in [0, 0.05) is 26.3 Å². The minimum absolute atomic E-state index is 0.0626. The summed E-state index contributed by atoms with van der Waals surface area (Å²) in [7, 11) is -2.07. The molecule has 7 heteroatoms. The molecule has 1 amide bonds. The van der Waals surface area contributed by atoms with E-state index in [2.05, 4.69) is 10.0 Å². The van der Waals surface area contributed by atoms with Crippen molar-refractivity contribution in [1.29, 1.82) is 0 Å². The predicted molar refractivity (Wildman–Crippen MR) is 113 cm³/mol. The molecule has 0 saturated heterocycles. The Kier molecular flexibility index (Phi) is 6.20. The summed E-state index contributed by atoms with van der Waals surface area (Å²) in [6, 6.07) is 16.9. The topological polar surface area (TPSA) is 80.2 Å². The van der Waals surface area contributed by atoms with Gasteiger partial charge in [0.1, 0.15) is 10.6 Å². The van der Waals surface area contributed by atoms with Crippen molar-refractivity contribution in [2.24, 2.45) is 7.05 Å². The van der Waals surface area contributed by atoms with Gasteiger partial charge >= 0.3 is 0 Å². The van der Waals surface area contributed by atoms with Crippen molar-refractivity contribution >= 4 is 15.9 Å². The predicted octanol–water partition coefficient (Wildman–Crippen LogP) is 3.05. The molecule has 0 saturated carbocycles. The Balaban J connectivity index is 1.66. The fraction of sp³-hybridized carbons (Fsp3) is 0.227. The SMILES string of the molecule is Cc1ccc(CNC(=O)c2cc(S(=O)(=O)NCc3ccc(C)cc3)cn2C)cc1. The van der Waals surface area contributed by atoms with Crippen LogP contribution in [0, 0.1) is 13.8 Å². The van der Waals surface area contributed by atoms with E-state index >= 15 is 0 Å². The summed E-state index contributed by atoms with van der Waals surface area (Å²) in [6.07, 6.45) is 1.44. The van der Waals surface area contributed by atoms with Crippen molar-refractivity contribution in [1.82, 2.24) is 14.6 Å². The maximum atomic E-state index is 12.6. The lowest BCUT2D eigenvalue weighted by atomic mass is 10.1. The Bertz CT molecular complexity index is 1100. The summed E-state index contributed by atoms with van der Waals surface area (Å²) in [5, 5.41) is 2.83. The van der Waals surface area contributed by atoms with Gasteiger partial charge in [-0.05, 0) is 31.0 Å². The Labute approximate surface area is 171 Å². The largest absolute Gasteiger partial charge is 0.347 e. The molecule has 0 spiro atoms. The van der Waals surface area contributed by atoms with E-state index in [0.29, 0.717) is 6.54 Å². The number of carbonyl (C=O) groups excluding carboxylic acids is 1. The third-order valence-corrected chi connectivity index (χ3v) is 6.05. The van der Waals surface area contributed by atoms with Gasteiger partial charge in [0.25, 0.3) is 5.91 Å². The number of aromatic nitrogens is 1. The van der Waals surface area contributed by atoms with E-state index in [4.69, 9.17) is 0 Å². The van der Waals surface area contributed by atoms with Crippen LogP contribution in [-0.4, -0.2) is 18.9 Å². The summed E-state index contributed by atoms with van der Waals surface area (Å²) >= 11 is 0. The first-order valence-corrected chi connectivity index (χ1v) is 10.8. The molecule has 0 aliphatic carbocycles. The smallest absolute Gasteiger partial charge is 0.268 e. The first-order chi connectivity index (χ1) is 13.7. The van der Waals surface area contributed by atoms with Crippen molar-refractivity contribution in [3.8, 4) is 0 Å². The Hall–Kier alpha value is -2.90. The van der Waals surface area contributed by atoms with E-state index in [9.17, 15) is 13.2 Å². The van der Waals surface area contributed by atoms with Gasteiger partial charge in [-0.15, -0.1) is 0 Å². The highest BCUT2D eigenvalue weighted by molar-refractivity contribution is 7.89. The molecule has 2 N–H and O–H groups in total. The minimum atomic E-state index is -3.73. The average molecular weight is 412 g/mol. The Morgan fingerprint density at radius 2 is 1.41 bits per heavy atom. The van der Waals surface area contributed by atoms with Gasteiger partial charge in [-0.1, -0.05) is 59.7 Å². The van der Waals surface area contributed by atoms with Gasteiger partial charge < -0.3 is 9.88 Å². The molecule has 1 aromatic heterocycles. The van der Waals surface area contributed by atoms with E-state index in [0.717, 1.165) is 22.3 Å². The molecule has 0 unspecified atom stereocenters. The van der Waals surface area contributed by atoms with Crippen LogP contribution in [-0.2, 0) is 30.2 Å². The zero-order valence-corrected chi connectivity index (χ0v) is 17.6. The number of rotatable bonds is 7. The van der Waals surface area contributed by atoms with Gasteiger partial charge in [-0.2, -0.15) is 0 Å². The van der Waals surface area contributed by atoms with Crippen molar-refractivity contribution in [3.05, 3.63) is 88.7 Å². The maximum absolute atomic E-state index is 12.6. The standard InChI is InChI=1S/C22H25N3O3S/c1-16-4-8-18(9-5-16)13-23-22(26)21-12-20(15-25(21)3)29(27,28)24-14-19-10-6-17(2)7-11-19/h4-12,15,24H,13-14H2,1-3H3,(H,23,26). The van der Waals surface area contributed by atoms with Crippen LogP contribution in [0.2, 0.25) is 0 Å². The monoisotopic (exact) mass is 411 g/mol. The minimum Gasteiger partial charge on any atom is -0.347 e. The molecule has 0 aliphatic heterocycles. The zero-order chi connectivity index (χ0) is 21.0. The van der Waals surface area contributed by atoms with Crippen molar-refractivity contribution < 1.29 is 13.2 Å². The van der Waals surface area contributed by atoms with Crippen LogP contribution in [0.4, 0.5) is 0 Å². The molecule has 0 aliphatic rings. The normalized spacial score (nSPS) is 11.4. The summed E-state index contributed by atoms with van der Waals surface area (Å²) in [5.74, 6) is -0.326. The number of nitrogens with zero attached hydrogens (tertiary/aromatic N) is 1. The highest BCUT2D eigenvalue weighted by Gasteiger charge is 2.20. The van der Waals surface area contributed by atoms with Gasteiger partial charge in [0.05, 0.1) is 0 Å². The van der Waals surface area contributed by atoms with Crippen LogP contribution in [0.3, 0.4) is 0 Å². The number of sulfonamides is 1.